The van der Waals surface area contributed by atoms with Crippen molar-refractivity contribution in [1.29, 1.82) is 0 Å². The van der Waals surface area contributed by atoms with Gasteiger partial charge >= 0.3 is 0 Å². The molecule has 0 heterocycles. The van der Waals surface area contributed by atoms with Gasteiger partial charge in [-0.3, -0.25) is 0 Å². The molecule has 1 N–H and O–H groups in total. The van der Waals surface area contributed by atoms with E-state index in [1.54, 1.807) is 0 Å². The first kappa shape index (κ1) is 13.6. The lowest BCUT2D eigenvalue weighted by molar-refractivity contribution is 0.418. The van der Waals surface area contributed by atoms with E-state index >= 15 is 0 Å². The number of rotatable bonds is 6. The van der Waals surface area contributed by atoms with E-state index in [9.17, 15) is 0 Å². The molecule has 0 radical (unpaired) electrons. The van der Waals surface area contributed by atoms with E-state index in [2.05, 4.69) is 56.7 Å². The first-order valence-corrected chi connectivity index (χ1v) is 7.25. The Balaban J connectivity index is 2.85. The highest BCUT2D eigenvalue weighted by Crippen LogP contribution is 2.29. The minimum Gasteiger partial charge on any atom is -0.313 e. The Morgan fingerprint density at radius 1 is 1.31 bits per heavy atom. The molecule has 0 saturated carbocycles. The average Bonchev–Trinajstić information content (AvgIpc) is 2.35. The van der Waals surface area contributed by atoms with Gasteiger partial charge in [0.05, 0.1) is 0 Å². The highest BCUT2D eigenvalue weighted by molar-refractivity contribution is 7.98. The molecule has 0 bridgehead atoms. The van der Waals surface area contributed by atoms with E-state index in [1.165, 1.54) is 23.3 Å². The molecule has 0 amide bonds. The van der Waals surface area contributed by atoms with Crippen molar-refractivity contribution < 1.29 is 0 Å². The third-order valence-electron chi connectivity index (χ3n) is 3.20. The van der Waals surface area contributed by atoms with Crippen molar-refractivity contribution in [2.24, 2.45) is 5.92 Å². The highest BCUT2D eigenvalue weighted by atomic mass is 32.2. The van der Waals surface area contributed by atoms with Crippen LogP contribution in [-0.4, -0.2) is 13.3 Å². The van der Waals surface area contributed by atoms with Gasteiger partial charge in [0.25, 0.3) is 0 Å². The summed E-state index contributed by atoms with van der Waals surface area (Å²) in [6.07, 6.45) is 4.61. The van der Waals surface area contributed by atoms with Crippen LogP contribution >= 0.6 is 11.8 Å². The molecule has 1 aromatic rings. The summed E-state index contributed by atoms with van der Waals surface area (Å²) < 4.78 is 0. The molecule has 1 nitrogen and oxygen atoms in total. The van der Waals surface area contributed by atoms with Gasteiger partial charge in [0, 0.05) is 10.9 Å². The van der Waals surface area contributed by atoms with Gasteiger partial charge < -0.3 is 5.32 Å². The normalized spacial score (nSPS) is 14.8. The summed E-state index contributed by atoms with van der Waals surface area (Å²) in [4.78, 5) is 1.39. The molecule has 2 unspecified atom stereocenters. The fourth-order valence-electron chi connectivity index (χ4n) is 1.92. The second-order valence-corrected chi connectivity index (χ2v) is 5.18. The van der Waals surface area contributed by atoms with Crippen molar-refractivity contribution in [3.63, 3.8) is 0 Å². The minimum atomic E-state index is 0.485. The topological polar surface area (TPSA) is 12.0 Å². The summed E-state index contributed by atoms with van der Waals surface area (Å²) >= 11 is 1.83. The quantitative estimate of drug-likeness (QED) is 0.747. The maximum absolute atomic E-state index is 3.44. The Kier molecular flexibility index (Phi) is 5.93. The Morgan fingerprint density at radius 2 is 2.00 bits per heavy atom. The van der Waals surface area contributed by atoms with Gasteiger partial charge in [-0.2, -0.15) is 0 Å². The maximum atomic E-state index is 3.44. The Labute approximate surface area is 104 Å². The number of nitrogens with one attached hydrogen (secondary N) is 1. The molecule has 90 valence electrons. The molecule has 0 saturated heterocycles. The second-order valence-electron chi connectivity index (χ2n) is 4.33. The zero-order valence-corrected chi connectivity index (χ0v) is 11.6. The van der Waals surface area contributed by atoms with Crippen LogP contribution in [0.3, 0.4) is 0 Å². The van der Waals surface area contributed by atoms with Crippen molar-refractivity contribution in [2.45, 2.75) is 37.6 Å². The average molecular weight is 237 g/mol. The molecule has 0 aliphatic carbocycles. The van der Waals surface area contributed by atoms with Crippen LogP contribution in [0.4, 0.5) is 0 Å². The largest absolute Gasteiger partial charge is 0.313 e. The molecule has 1 aromatic carbocycles. The Hall–Kier alpha value is -0.470. The van der Waals surface area contributed by atoms with Crippen LogP contribution in [0, 0.1) is 5.92 Å². The molecule has 0 aliphatic rings. The lowest BCUT2D eigenvalue weighted by Crippen LogP contribution is -2.19. The predicted molar refractivity (Wildman–Crippen MR) is 74.1 cm³/mol. The lowest BCUT2D eigenvalue weighted by Gasteiger charge is -2.22. The molecule has 0 aromatic heterocycles. The van der Waals surface area contributed by atoms with Crippen LogP contribution < -0.4 is 5.32 Å². The standard InChI is InChI=1S/C14H23NS/c1-5-11(2)10-13(15-3)12-8-6-7-9-14(12)16-4/h6-9,11,13,15H,5,10H2,1-4H3. The molecular formula is C14H23NS. The first-order valence-electron chi connectivity index (χ1n) is 6.03. The van der Waals surface area contributed by atoms with Crippen LogP contribution in [0.25, 0.3) is 0 Å². The fraction of sp³-hybridized carbons (Fsp3) is 0.571. The van der Waals surface area contributed by atoms with Crippen LogP contribution in [-0.2, 0) is 0 Å². The van der Waals surface area contributed by atoms with Gasteiger partial charge in [0.2, 0.25) is 0 Å². The van der Waals surface area contributed by atoms with E-state index in [0.717, 1.165) is 5.92 Å². The fourth-order valence-corrected chi connectivity index (χ4v) is 2.58. The zero-order valence-electron chi connectivity index (χ0n) is 10.8. The summed E-state index contributed by atoms with van der Waals surface area (Å²) in [6.45, 7) is 4.59. The van der Waals surface area contributed by atoms with Gasteiger partial charge in [-0.15, -0.1) is 11.8 Å². The number of hydrogen-bond donors (Lipinski definition) is 1. The van der Waals surface area contributed by atoms with Crippen LogP contribution in [0.15, 0.2) is 29.2 Å². The summed E-state index contributed by atoms with van der Waals surface area (Å²) in [5.74, 6) is 0.771. The zero-order chi connectivity index (χ0) is 12.0. The van der Waals surface area contributed by atoms with Crippen LogP contribution in [0.1, 0.15) is 38.3 Å². The molecule has 0 spiro atoms. The van der Waals surface area contributed by atoms with Crippen molar-refractivity contribution >= 4 is 11.8 Å². The monoisotopic (exact) mass is 237 g/mol. The summed E-state index contributed by atoms with van der Waals surface area (Å²) in [7, 11) is 2.06. The van der Waals surface area contributed by atoms with Gasteiger partial charge in [0.1, 0.15) is 0 Å². The van der Waals surface area contributed by atoms with Gasteiger partial charge in [-0.25, -0.2) is 0 Å². The number of benzene rings is 1. The lowest BCUT2D eigenvalue weighted by atomic mass is 9.94. The van der Waals surface area contributed by atoms with Crippen molar-refractivity contribution in [1.82, 2.24) is 5.32 Å². The SMILES string of the molecule is CCC(C)CC(NC)c1ccccc1SC. The number of thioether (sulfide) groups is 1. The van der Waals surface area contributed by atoms with E-state index in [1.807, 2.05) is 11.8 Å². The minimum absolute atomic E-state index is 0.485. The van der Waals surface area contributed by atoms with E-state index in [-0.39, 0.29) is 0 Å². The second kappa shape index (κ2) is 6.97. The van der Waals surface area contributed by atoms with Gasteiger partial charge in [0.15, 0.2) is 0 Å². The molecule has 2 atom stereocenters. The maximum Gasteiger partial charge on any atom is 0.0331 e. The van der Waals surface area contributed by atoms with Crippen molar-refractivity contribution in [3.8, 4) is 0 Å². The van der Waals surface area contributed by atoms with Gasteiger partial charge in [-0.1, -0.05) is 38.5 Å². The van der Waals surface area contributed by atoms with Crippen LogP contribution in [0.2, 0.25) is 0 Å². The molecule has 0 fully saturated rings. The van der Waals surface area contributed by atoms with E-state index < -0.39 is 0 Å². The van der Waals surface area contributed by atoms with Crippen LogP contribution in [0.5, 0.6) is 0 Å². The number of hydrogen-bond acceptors (Lipinski definition) is 2. The van der Waals surface area contributed by atoms with E-state index in [0.29, 0.717) is 6.04 Å². The summed E-state index contributed by atoms with van der Waals surface area (Å²) in [5, 5.41) is 3.44. The van der Waals surface area contributed by atoms with Gasteiger partial charge in [-0.05, 0) is 37.3 Å². The third-order valence-corrected chi connectivity index (χ3v) is 4.01. The Morgan fingerprint density at radius 3 is 2.56 bits per heavy atom. The van der Waals surface area contributed by atoms with Crippen molar-refractivity contribution in [3.05, 3.63) is 29.8 Å². The highest BCUT2D eigenvalue weighted by Gasteiger charge is 2.15. The molecule has 2 heteroatoms. The van der Waals surface area contributed by atoms with Crippen molar-refractivity contribution in [2.75, 3.05) is 13.3 Å². The molecule has 0 aliphatic heterocycles. The molecule has 16 heavy (non-hydrogen) atoms. The predicted octanol–water partition coefficient (Wildman–Crippen LogP) is 4.11. The summed E-state index contributed by atoms with van der Waals surface area (Å²) in [6, 6.07) is 9.19. The molecule has 1 rings (SSSR count). The molecular weight excluding hydrogens is 214 g/mol. The smallest absolute Gasteiger partial charge is 0.0331 e. The van der Waals surface area contributed by atoms with E-state index in [4.69, 9.17) is 0 Å². The summed E-state index contributed by atoms with van der Waals surface area (Å²) in [5.41, 5.74) is 1.44. The Bertz CT molecular complexity index is 311. The first-order chi connectivity index (χ1) is 7.72. The third kappa shape index (κ3) is 3.53.